The van der Waals surface area contributed by atoms with E-state index in [2.05, 4.69) is 10.7 Å². The molecule has 0 aromatic heterocycles. The third-order valence-corrected chi connectivity index (χ3v) is 4.61. The maximum Gasteiger partial charge on any atom is 0.421 e. The summed E-state index contributed by atoms with van der Waals surface area (Å²) in [5.74, 6) is 0.295. The van der Waals surface area contributed by atoms with Gasteiger partial charge in [-0.05, 0) is 42.5 Å². The first-order chi connectivity index (χ1) is 14.0. The summed E-state index contributed by atoms with van der Waals surface area (Å²) in [6.07, 6.45) is 1.94. The van der Waals surface area contributed by atoms with Gasteiger partial charge >= 0.3 is 23.6 Å². The van der Waals surface area contributed by atoms with Crippen LogP contribution in [0.2, 0.25) is 0 Å². The van der Waals surface area contributed by atoms with Crippen molar-refractivity contribution >= 4 is 23.5 Å². The molecule has 1 aliphatic rings. The quantitative estimate of drug-likeness (QED) is 0.253. The molecule has 1 heterocycles. The van der Waals surface area contributed by atoms with Crippen LogP contribution in [-0.4, -0.2) is 30.2 Å². The van der Waals surface area contributed by atoms with E-state index >= 15 is 0 Å². The second kappa shape index (κ2) is 9.31. The number of aryl methyl sites for hydroxylation is 1. The molecule has 0 spiro atoms. The normalized spacial score (nSPS) is 14.9. The van der Waals surface area contributed by atoms with Gasteiger partial charge in [0.15, 0.2) is 0 Å². The Kier molecular flexibility index (Phi) is 6.58. The highest BCUT2D eigenvalue weighted by Gasteiger charge is 2.54. The fourth-order valence-electron chi connectivity index (χ4n) is 3.08. The van der Waals surface area contributed by atoms with Gasteiger partial charge < -0.3 is 14.8 Å². The van der Waals surface area contributed by atoms with E-state index in [-0.39, 0.29) is 6.42 Å². The van der Waals surface area contributed by atoms with Gasteiger partial charge in [0.2, 0.25) is 0 Å². The van der Waals surface area contributed by atoms with E-state index in [1.165, 1.54) is 0 Å². The lowest BCUT2D eigenvalue weighted by Gasteiger charge is -2.24. The van der Waals surface area contributed by atoms with Crippen LogP contribution in [0.4, 0.5) is 5.69 Å². The third kappa shape index (κ3) is 5.18. The van der Waals surface area contributed by atoms with E-state index in [4.69, 9.17) is 15.3 Å². The number of hydrazine groups is 1. The lowest BCUT2D eigenvalue weighted by Crippen LogP contribution is -2.44. The molecule has 1 amide bonds. The largest absolute Gasteiger partial charge is 0.421 e. The molecule has 8 nitrogen and oxygen atoms in total. The summed E-state index contributed by atoms with van der Waals surface area (Å²) in [7, 11) is 0. The highest BCUT2D eigenvalue weighted by atomic mass is 16.8. The predicted octanol–water partition coefficient (Wildman–Crippen LogP) is 1.45. The Labute approximate surface area is 168 Å². The summed E-state index contributed by atoms with van der Waals surface area (Å²) < 4.78 is 10.1. The number of ether oxygens (including phenoxy) is 2. The molecule has 8 heteroatoms. The smallest absolute Gasteiger partial charge is 0.405 e. The molecule has 3 rings (SSSR count). The minimum absolute atomic E-state index is 0.0610. The minimum atomic E-state index is -1.95. The number of amides is 1. The number of nitrogens with two attached hydrogens (primary N) is 1. The molecule has 0 unspecified atom stereocenters. The van der Waals surface area contributed by atoms with Crippen LogP contribution in [0.5, 0.6) is 0 Å². The van der Waals surface area contributed by atoms with Gasteiger partial charge in [0.1, 0.15) is 0 Å². The Balaban J connectivity index is 1.66. The van der Waals surface area contributed by atoms with E-state index in [0.717, 1.165) is 17.5 Å². The van der Waals surface area contributed by atoms with Crippen LogP contribution in [0.25, 0.3) is 0 Å². The number of carbonyl (C=O) groups is 3. The van der Waals surface area contributed by atoms with Crippen molar-refractivity contribution in [2.24, 2.45) is 5.84 Å². The van der Waals surface area contributed by atoms with Crippen LogP contribution in [0.15, 0.2) is 54.6 Å². The summed E-state index contributed by atoms with van der Waals surface area (Å²) in [5.41, 5.74) is 5.19. The molecule has 29 heavy (non-hydrogen) atoms. The molecule has 4 N–H and O–H groups in total. The number of anilines is 1. The first-order valence-corrected chi connectivity index (χ1v) is 9.36. The molecule has 152 valence electrons. The highest BCUT2D eigenvalue weighted by Crippen LogP contribution is 2.29. The van der Waals surface area contributed by atoms with Gasteiger partial charge in [0, 0.05) is 18.7 Å². The number of rotatable bonds is 9. The zero-order valence-corrected chi connectivity index (χ0v) is 15.9. The molecule has 0 saturated carbocycles. The molecule has 2 aromatic carbocycles. The van der Waals surface area contributed by atoms with Crippen molar-refractivity contribution in [1.82, 2.24) is 5.43 Å². The average Bonchev–Trinajstić information content (AvgIpc) is 3.03. The van der Waals surface area contributed by atoms with Crippen molar-refractivity contribution in [1.29, 1.82) is 0 Å². The Bertz CT molecular complexity index is 852. The molecular formula is C21H23N3O5. The summed E-state index contributed by atoms with van der Waals surface area (Å²) in [5, 5.41) is 2.66. The average molecular weight is 397 g/mol. The van der Waals surface area contributed by atoms with Gasteiger partial charge in [-0.1, -0.05) is 42.5 Å². The maximum absolute atomic E-state index is 12.8. The SMILES string of the molecule is NNCCc1ccc(NC(=O)C2(CCCc3ccccc3)OC(=O)C(=O)O2)cc1. The van der Waals surface area contributed by atoms with Crippen molar-refractivity contribution in [3.8, 4) is 0 Å². The Morgan fingerprint density at radius 2 is 1.52 bits per heavy atom. The number of benzene rings is 2. The van der Waals surface area contributed by atoms with Gasteiger partial charge in [-0.3, -0.25) is 16.1 Å². The maximum atomic E-state index is 12.8. The number of cyclic esters (lactones) is 2. The van der Waals surface area contributed by atoms with Crippen LogP contribution in [0.1, 0.15) is 24.0 Å². The fourth-order valence-corrected chi connectivity index (χ4v) is 3.08. The van der Waals surface area contributed by atoms with Gasteiger partial charge in [-0.15, -0.1) is 0 Å². The van der Waals surface area contributed by atoms with E-state index < -0.39 is 23.6 Å². The second-order valence-electron chi connectivity index (χ2n) is 6.73. The number of hydrogen-bond donors (Lipinski definition) is 3. The Morgan fingerprint density at radius 1 is 0.897 bits per heavy atom. The van der Waals surface area contributed by atoms with Crippen LogP contribution < -0.4 is 16.6 Å². The summed E-state index contributed by atoms with van der Waals surface area (Å²) in [4.78, 5) is 36.1. The fraction of sp³-hybridized carbons (Fsp3) is 0.286. The van der Waals surface area contributed by atoms with Gasteiger partial charge in [0.25, 0.3) is 0 Å². The van der Waals surface area contributed by atoms with E-state index in [0.29, 0.717) is 25.1 Å². The van der Waals surface area contributed by atoms with Crippen LogP contribution in [-0.2, 0) is 36.7 Å². The molecular weight excluding hydrogens is 374 g/mol. The van der Waals surface area contributed by atoms with Crippen LogP contribution in [0, 0.1) is 0 Å². The van der Waals surface area contributed by atoms with Crippen molar-refractivity contribution in [2.75, 3.05) is 11.9 Å². The minimum Gasteiger partial charge on any atom is -0.405 e. The van der Waals surface area contributed by atoms with Crippen molar-refractivity contribution in [3.63, 3.8) is 0 Å². The third-order valence-electron chi connectivity index (χ3n) is 4.61. The van der Waals surface area contributed by atoms with E-state index in [9.17, 15) is 14.4 Å². The second-order valence-corrected chi connectivity index (χ2v) is 6.73. The topological polar surface area (TPSA) is 120 Å². The zero-order valence-electron chi connectivity index (χ0n) is 15.9. The van der Waals surface area contributed by atoms with E-state index in [1.807, 2.05) is 42.5 Å². The number of carbonyl (C=O) groups excluding carboxylic acids is 3. The molecule has 1 aliphatic heterocycles. The first kappa shape index (κ1) is 20.5. The summed E-state index contributed by atoms with van der Waals surface area (Å²) in [6.45, 7) is 0.627. The summed E-state index contributed by atoms with van der Waals surface area (Å²) >= 11 is 0. The van der Waals surface area contributed by atoms with Gasteiger partial charge in [-0.25, -0.2) is 9.59 Å². The van der Waals surface area contributed by atoms with E-state index in [1.54, 1.807) is 12.1 Å². The molecule has 1 fully saturated rings. The molecule has 0 radical (unpaired) electrons. The first-order valence-electron chi connectivity index (χ1n) is 9.36. The lowest BCUT2D eigenvalue weighted by molar-refractivity contribution is -0.188. The van der Waals surface area contributed by atoms with Crippen LogP contribution in [0.3, 0.4) is 0 Å². The Morgan fingerprint density at radius 3 is 2.14 bits per heavy atom. The monoisotopic (exact) mass is 397 g/mol. The number of esters is 2. The number of nitrogens with one attached hydrogen (secondary N) is 2. The molecule has 2 aromatic rings. The molecule has 1 saturated heterocycles. The number of hydrogen-bond acceptors (Lipinski definition) is 7. The molecule has 0 bridgehead atoms. The highest BCUT2D eigenvalue weighted by molar-refractivity contribution is 6.32. The standard InChI is InChI=1S/C21H23N3O5/c22-23-14-12-16-8-10-17(11-9-16)24-20(27)21(28-18(25)19(26)29-21)13-4-7-15-5-2-1-3-6-15/h1-3,5-6,8-11,23H,4,7,12-14,22H2,(H,24,27). The van der Waals surface area contributed by atoms with Gasteiger partial charge in [-0.2, -0.15) is 0 Å². The predicted molar refractivity (Wildman–Crippen MR) is 105 cm³/mol. The molecule has 0 atom stereocenters. The van der Waals surface area contributed by atoms with Gasteiger partial charge in [0.05, 0.1) is 0 Å². The Hall–Kier alpha value is -3.23. The van der Waals surface area contributed by atoms with Crippen molar-refractivity contribution < 1.29 is 23.9 Å². The summed E-state index contributed by atoms with van der Waals surface area (Å²) in [6, 6.07) is 16.8. The van der Waals surface area contributed by atoms with Crippen molar-refractivity contribution in [3.05, 3.63) is 65.7 Å². The molecule has 0 aliphatic carbocycles. The zero-order chi connectivity index (χ0) is 20.7. The lowest BCUT2D eigenvalue weighted by atomic mass is 10.0. The van der Waals surface area contributed by atoms with Crippen LogP contribution >= 0.6 is 0 Å². The van der Waals surface area contributed by atoms with Crippen molar-refractivity contribution in [2.45, 2.75) is 31.5 Å².